The first-order valence-electron chi connectivity index (χ1n) is 10.3. The first-order valence-corrected chi connectivity index (χ1v) is 10.3. The van der Waals surface area contributed by atoms with E-state index < -0.39 is 0 Å². The number of methoxy groups -OCH3 is 1. The number of rotatable bonds is 5. The maximum atomic E-state index is 13.3. The van der Waals surface area contributed by atoms with Crippen molar-refractivity contribution in [1.29, 1.82) is 0 Å². The number of quaternary nitrogens is 1. The Hall–Kier alpha value is -2.53. The number of nitrogens with one attached hydrogen (secondary N) is 1. The Morgan fingerprint density at radius 3 is 2.18 bits per heavy atom. The van der Waals surface area contributed by atoms with Crippen LogP contribution in [0.25, 0.3) is 0 Å². The van der Waals surface area contributed by atoms with Crippen molar-refractivity contribution in [2.24, 2.45) is 0 Å². The second kappa shape index (κ2) is 8.65. The van der Waals surface area contributed by atoms with Crippen molar-refractivity contribution in [2.45, 2.75) is 18.9 Å². The predicted octanol–water partition coefficient (Wildman–Crippen LogP) is 1.76. The summed E-state index contributed by atoms with van der Waals surface area (Å²) >= 11 is 0. The highest BCUT2D eigenvalue weighted by Gasteiger charge is 2.37. The van der Waals surface area contributed by atoms with Gasteiger partial charge in [-0.05, 0) is 37.1 Å². The average molecular weight is 381 g/mol. The van der Waals surface area contributed by atoms with Crippen LogP contribution in [0, 0.1) is 0 Å². The van der Waals surface area contributed by atoms with Crippen molar-refractivity contribution in [3.63, 3.8) is 0 Å². The van der Waals surface area contributed by atoms with Gasteiger partial charge in [0.15, 0.2) is 6.04 Å². The van der Waals surface area contributed by atoms with Crippen molar-refractivity contribution >= 4 is 11.6 Å². The van der Waals surface area contributed by atoms with E-state index in [1.807, 2.05) is 30.3 Å². The van der Waals surface area contributed by atoms with E-state index in [9.17, 15) is 4.79 Å². The van der Waals surface area contributed by atoms with E-state index in [4.69, 9.17) is 4.74 Å². The number of nitrogens with zero attached hydrogens (tertiary/aromatic N) is 2. The Kier molecular flexibility index (Phi) is 5.81. The molecule has 2 saturated heterocycles. The van der Waals surface area contributed by atoms with Crippen molar-refractivity contribution in [1.82, 2.24) is 4.90 Å². The molecular weight excluding hydrogens is 350 g/mol. The predicted molar refractivity (Wildman–Crippen MR) is 111 cm³/mol. The number of hydrogen-bond acceptors (Lipinski definition) is 3. The molecule has 2 aliphatic rings. The van der Waals surface area contributed by atoms with Gasteiger partial charge in [-0.1, -0.05) is 30.3 Å². The quantitative estimate of drug-likeness (QED) is 0.859. The Morgan fingerprint density at radius 2 is 1.57 bits per heavy atom. The number of carbonyl (C=O) groups excluding carboxylic acids is 1. The normalized spacial score (nSPS) is 18.9. The van der Waals surface area contributed by atoms with Gasteiger partial charge >= 0.3 is 0 Å². The van der Waals surface area contributed by atoms with Gasteiger partial charge in [0.1, 0.15) is 5.75 Å². The lowest BCUT2D eigenvalue weighted by molar-refractivity contribution is -0.922. The van der Waals surface area contributed by atoms with Gasteiger partial charge in [0, 0.05) is 24.3 Å². The standard InChI is InChI=1S/C23H29N3O2/c1-28-21-11-9-20(10-12-21)24-15-17-25(18-16-24)22(19-7-3-2-4-8-19)23(27)26-13-5-6-14-26/h2-4,7-12,22H,5-6,13-18H2,1H3/p+1/t22-/m1/s1. The summed E-state index contributed by atoms with van der Waals surface area (Å²) in [5, 5.41) is 0. The maximum absolute atomic E-state index is 13.3. The van der Waals surface area contributed by atoms with Crippen LogP contribution in [0.5, 0.6) is 5.75 Å². The molecule has 148 valence electrons. The zero-order chi connectivity index (χ0) is 19.3. The highest BCUT2D eigenvalue weighted by Crippen LogP contribution is 2.21. The largest absolute Gasteiger partial charge is 0.497 e. The maximum Gasteiger partial charge on any atom is 0.285 e. The highest BCUT2D eigenvalue weighted by molar-refractivity contribution is 5.82. The Morgan fingerprint density at radius 1 is 0.929 bits per heavy atom. The first kappa shape index (κ1) is 18.8. The van der Waals surface area contributed by atoms with E-state index in [1.165, 1.54) is 10.6 Å². The summed E-state index contributed by atoms with van der Waals surface area (Å²) in [5.41, 5.74) is 2.37. The van der Waals surface area contributed by atoms with E-state index in [2.05, 4.69) is 34.1 Å². The lowest BCUT2D eigenvalue weighted by Crippen LogP contribution is -3.16. The van der Waals surface area contributed by atoms with E-state index >= 15 is 0 Å². The third-order valence-corrected chi connectivity index (χ3v) is 6.05. The van der Waals surface area contributed by atoms with Gasteiger partial charge in [-0.15, -0.1) is 0 Å². The minimum absolute atomic E-state index is 0.0858. The molecule has 0 aliphatic carbocycles. The summed E-state index contributed by atoms with van der Waals surface area (Å²) in [6.07, 6.45) is 2.27. The lowest BCUT2D eigenvalue weighted by Gasteiger charge is -2.38. The molecule has 2 aromatic rings. The summed E-state index contributed by atoms with van der Waals surface area (Å²) in [7, 11) is 1.69. The Labute approximate surface area is 167 Å². The summed E-state index contributed by atoms with van der Waals surface area (Å²) < 4.78 is 5.26. The van der Waals surface area contributed by atoms with E-state index in [0.717, 1.165) is 63.4 Å². The van der Waals surface area contributed by atoms with Crippen LogP contribution in [0.3, 0.4) is 0 Å². The molecule has 0 unspecified atom stereocenters. The number of ether oxygens (including phenoxy) is 1. The summed E-state index contributed by atoms with van der Waals surface area (Å²) in [5.74, 6) is 1.19. The van der Waals surface area contributed by atoms with Gasteiger partial charge in [-0.25, -0.2) is 0 Å². The molecule has 0 saturated carbocycles. The molecule has 2 fully saturated rings. The van der Waals surface area contributed by atoms with Crippen LogP contribution >= 0.6 is 0 Å². The molecule has 0 radical (unpaired) electrons. The SMILES string of the molecule is COc1ccc(N2CC[NH+]([C@@H](C(=O)N3CCCC3)c3ccccc3)CC2)cc1. The number of benzene rings is 2. The number of amides is 1. The molecule has 0 spiro atoms. The first-order chi connectivity index (χ1) is 13.8. The van der Waals surface area contributed by atoms with E-state index in [1.54, 1.807) is 7.11 Å². The zero-order valence-electron chi connectivity index (χ0n) is 16.6. The molecule has 28 heavy (non-hydrogen) atoms. The average Bonchev–Trinajstić information content (AvgIpc) is 3.30. The Bertz CT molecular complexity index is 764. The van der Waals surface area contributed by atoms with Crippen molar-refractivity contribution < 1.29 is 14.4 Å². The fourth-order valence-electron chi connectivity index (χ4n) is 4.45. The smallest absolute Gasteiger partial charge is 0.285 e. The van der Waals surface area contributed by atoms with Gasteiger partial charge in [0.25, 0.3) is 5.91 Å². The van der Waals surface area contributed by atoms with Crippen LogP contribution in [0.2, 0.25) is 0 Å². The molecule has 5 heteroatoms. The zero-order valence-corrected chi connectivity index (χ0v) is 16.6. The molecule has 1 N–H and O–H groups in total. The molecule has 5 nitrogen and oxygen atoms in total. The Balaban J connectivity index is 1.48. The third kappa shape index (κ3) is 3.99. The monoisotopic (exact) mass is 380 g/mol. The number of carbonyl (C=O) groups is 1. The second-order valence-corrected chi connectivity index (χ2v) is 7.72. The van der Waals surface area contributed by atoms with Gasteiger partial charge in [-0.3, -0.25) is 4.79 Å². The van der Waals surface area contributed by atoms with Crippen molar-refractivity contribution in [2.75, 3.05) is 51.3 Å². The molecule has 1 atom stereocenters. The lowest BCUT2D eigenvalue weighted by atomic mass is 10.0. The molecule has 2 heterocycles. The molecule has 1 amide bonds. The second-order valence-electron chi connectivity index (χ2n) is 7.72. The van der Waals surface area contributed by atoms with E-state index in [-0.39, 0.29) is 6.04 Å². The molecule has 2 aromatic carbocycles. The summed E-state index contributed by atoms with van der Waals surface area (Å²) in [6.45, 7) is 5.66. The minimum Gasteiger partial charge on any atom is -0.497 e. The van der Waals surface area contributed by atoms with Gasteiger partial charge in [0.05, 0.1) is 33.3 Å². The number of likely N-dealkylation sites (tertiary alicyclic amines) is 1. The summed E-state index contributed by atoms with van der Waals surface area (Å²) in [6, 6.07) is 18.5. The molecule has 4 rings (SSSR count). The molecule has 2 aliphatic heterocycles. The fourth-order valence-corrected chi connectivity index (χ4v) is 4.45. The van der Waals surface area contributed by atoms with Crippen LogP contribution in [-0.4, -0.2) is 57.2 Å². The highest BCUT2D eigenvalue weighted by atomic mass is 16.5. The molecule has 0 bridgehead atoms. The van der Waals surface area contributed by atoms with Crippen molar-refractivity contribution in [3.8, 4) is 5.75 Å². The van der Waals surface area contributed by atoms with Crippen LogP contribution in [0.4, 0.5) is 5.69 Å². The van der Waals surface area contributed by atoms with Crippen LogP contribution in [-0.2, 0) is 4.79 Å². The van der Waals surface area contributed by atoms with Crippen LogP contribution < -0.4 is 14.5 Å². The fraction of sp³-hybridized carbons (Fsp3) is 0.435. The third-order valence-electron chi connectivity index (χ3n) is 6.05. The topological polar surface area (TPSA) is 37.2 Å². The van der Waals surface area contributed by atoms with Crippen LogP contribution in [0.15, 0.2) is 54.6 Å². The van der Waals surface area contributed by atoms with Crippen molar-refractivity contribution in [3.05, 3.63) is 60.2 Å². The van der Waals surface area contributed by atoms with Gasteiger partial charge < -0.3 is 19.4 Å². The number of hydrogen-bond donors (Lipinski definition) is 1. The molecule has 0 aromatic heterocycles. The van der Waals surface area contributed by atoms with Crippen LogP contribution in [0.1, 0.15) is 24.4 Å². The van der Waals surface area contributed by atoms with Gasteiger partial charge in [0.2, 0.25) is 0 Å². The number of anilines is 1. The van der Waals surface area contributed by atoms with Gasteiger partial charge in [-0.2, -0.15) is 0 Å². The molecular formula is C23H30N3O2+. The summed E-state index contributed by atoms with van der Waals surface area (Å²) in [4.78, 5) is 19.2. The number of piperazine rings is 1. The van der Waals surface area contributed by atoms with E-state index in [0.29, 0.717) is 5.91 Å². The minimum atomic E-state index is -0.0858.